The smallest absolute Gasteiger partial charge is 0.167 e. The Morgan fingerprint density at radius 1 is 1.26 bits per heavy atom. The van der Waals surface area contributed by atoms with Crippen molar-refractivity contribution in [2.75, 3.05) is 26.7 Å². The van der Waals surface area contributed by atoms with Crippen LogP contribution in [0.1, 0.15) is 41.6 Å². The first-order valence-corrected chi connectivity index (χ1v) is 7.11. The molecule has 0 aromatic heterocycles. The van der Waals surface area contributed by atoms with Crippen molar-refractivity contribution in [2.45, 2.75) is 32.6 Å². The second kappa shape index (κ2) is 6.71. The van der Waals surface area contributed by atoms with Crippen molar-refractivity contribution in [1.82, 2.24) is 4.90 Å². The van der Waals surface area contributed by atoms with E-state index >= 15 is 0 Å². The number of ketones is 1. The first-order chi connectivity index (χ1) is 9.20. The maximum absolute atomic E-state index is 12.3. The number of carbonyl (C=O) groups is 1. The zero-order valence-electron chi connectivity index (χ0n) is 11.9. The van der Waals surface area contributed by atoms with E-state index in [0.29, 0.717) is 12.2 Å². The van der Waals surface area contributed by atoms with Gasteiger partial charge in [0.05, 0.1) is 12.7 Å². The van der Waals surface area contributed by atoms with Gasteiger partial charge in [-0.15, -0.1) is 0 Å². The van der Waals surface area contributed by atoms with Crippen LogP contribution in [0.5, 0.6) is 5.75 Å². The van der Waals surface area contributed by atoms with Gasteiger partial charge in [-0.1, -0.05) is 18.1 Å². The van der Waals surface area contributed by atoms with Gasteiger partial charge in [-0.05, 0) is 45.0 Å². The Morgan fingerprint density at radius 3 is 2.68 bits per heavy atom. The molecule has 0 radical (unpaired) electrons. The Kier molecular flexibility index (Phi) is 4.97. The second-order valence-corrected chi connectivity index (χ2v) is 5.28. The maximum Gasteiger partial charge on any atom is 0.167 e. The van der Waals surface area contributed by atoms with Gasteiger partial charge in [0.2, 0.25) is 0 Å². The number of piperidine rings is 1. The van der Waals surface area contributed by atoms with Crippen LogP contribution in [0.25, 0.3) is 0 Å². The molecule has 0 atom stereocenters. The van der Waals surface area contributed by atoms with Gasteiger partial charge < -0.3 is 9.64 Å². The van der Waals surface area contributed by atoms with Crippen LogP contribution >= 0.6 is 0 Å². The molecule has 19 heavy (non-hydrogen) atoms. The van der Waals surface area contributed by atoms with Crippen LogP contribution in [0.2, 0.25) is 0 Å². The molecule has 0 aliphatic carbocycles. The predicted octanol–water partition coefficient (Wildman–Crippen LogP) is 3.06. The normalized spacial score (nSPS) is 16.3. The number of hydrogen-bond acceptors (Lipinski definition) is 3. The number of nitrogens with zero attached hydrogens (tertiary/aromatic N) is 1. The van der Waals surface area contributed by atoms with Gasteiger partial charge >= 0.3 is 0 Å². The van der Waals surface area contributed by atoms with Crippen LogP contribution in [-0.4, -0.2) is 37.4 Å². The van der Waals surface area contributed by atoms with Gasteiger partial charge in [-0.2, -0.15) is 0 Å². The summed E-state index contributed by atoms with van der Waals surface area (Å²) in [6.45, 7) is 5.15. The van der Waals surface area contributed by atoms with Crippen molar-refractivity contribution in [3.63, 3.8) is 0 Å². The maximum atomic E-state index is 12.3. The second-order valence-electron chi connectivity index (χ2n) is 5.28. The van der Waals surface area contributed by atoms with Crippen LogP contribution in [0.15, 0.2) is 18.2 Å². The third-order valence-corrected chi connectivity index (χ3v) is 3.76. The molecule has 2 rings (SSSR count). The molecule has 0 unspecified atom stereocenters. The highest BCUT2D eigenvalue weighted by Crippen LogP contribution is 2.21. The van der Waals surface area contributed by atoms with Crippen molar-refractivity contribution >= 4 is 5.78 Å². The summed E-state index contributed by atoms with van der Waals surface area (Å²) in [4.78, 5) is 14.7. The summed E-state index contributed by atoms with van der Waals surface area (Å²) in [7, 11) is 1.62. The first-order valence-electron chi connectivity index (χ1n) is 7.11. The van der Waals surface area contributed by atoms with Gasteiger partial charge in [-0.3, -0.25) is 4.79 Å². The van der Waals surface area contributed by atoms with Crippen LogP contribution in [0.3, 0.4) is 0 Å². The van der Waals surface area contributed by atoms with E-state index < -0.39 is 0 Å². The number of rotatable bonds is 5. The molecule has 1 aliphatic heterocycles. The quantitative estimate of drug-likeness (QED) is 0.763. The average Bonchev–Trinajstić information content (AvgIpc) is 2.46. The number of carbonyl (C=O) groups excluding carboxylic acids is 1. The van der Waals surface area contributed by atoms with Crippen molar-refractivity contribution in [1.29, 1.82) is 0 Å². The molecule has 0 spiro atoms. The Labute approximate surface area is 115 Å². The molecule has 104 valence electrons. The first kappa shape index (κ1) is 14.1. The number of benzene rings is 1. The lowest BCUT2D eigenvalue weighted by Gasteiger charge is -2.26. The Bertz CT molecular complexity index is 436. The van der Waals surface area contributed by atoms with Crippen LogP contribution in [0, 0.1) is 6.92 Å². The van der Waals surface area contributed by atoms with Crippen LogP contribution in [-0.2, 0) is 0 Å². The zero-order valence-corrected chi connectivity index (χ0v) is 11.9. The fourth-order valence-electron chi connectivity index (χ4n) is 2.62. The summed E-state index contributed by atoms with van der Waals surface area (Å²) >= 11 is 0. The van der Waals surface area contributed by atoms with E-state index in [1.807, 2.05) is 25.1 Å². The minimum atomic E-state index is 0.186. The molecule has 1 aromatic rings. The van der Waals surface area contributed by atoms with Gasteiger partial charge in [0, 0.05) is 13.0 Å². The van der Waals surface area contributed by atoms with Crippen molar-refractivity contribution in [3.05, 3.63) is 29.3 Å². The molecule has 0 N–H and O–H groups in total. The molecule has 0 saturated carbocycles. The number of aryl methyl sites for hydroxylation is 1. The predicted molar refractivity (Wildman–Crippen MR) is 77.0 cm³/mol. The van der Waals surface area contributed by atoms with E-state index in [1.54, 1.807) is 7.11 Å². The molecule has 1 aliphatic rings. The minimum Gasteiger partial charge on any atom is -0.496 e. The molecule has 0 bridgehead atoms. The van der Waals surface area contributed by atoms with Crippen LogP contribution in [0.4, 0.5) is 0 Å². The summed E-state index contributed by atoms with van der Waals surface area (Å²) in [6.07, 6.45) is 4.44. The summed E-state index contributed by atoms with van der Waals surface area (Å²) in [6, 6.07) is 5.78. The van der Waals surface area contributed by atoms with Crippen molar-refractivity contribution in [2.24, 2.45) is 0 Å². The molecular weight excluding hydrogens is 238 g/mol. The Balaban J connectivity index is 1.97. The Morgan fingerprint density at radius 2 is 2.00 bits per heavy atom. The monoisotopic (exact) mass is 261 g/mol. The van der Waals surface area contributed by atoms with E-state index in [9.17, 15) is 4.79 Å². The molecule has 1 aromatic carbocycles. The number of methoxy groups -OCH3 is 1. The van der Waals surface area contributed by atoms with Gasteiger partial charge in [-0.25, -0.2) is 0 Å². The Hall–Kier alpha value is -1.35. The van der Waals surface area contributed by atoms with E-state index in [-0.39, 0.29) is 5.78 Å². The third-order valence-electron chi connectivity index (χ3n) is 3.76. The zero-order chi connectivity index (χ0) is 13.7. The average molecular weight is 261 g/mol. The van der Waals surface area contributed by atoms with E-state index in [1.165, 1.54) is 19.3 Å². The van der Waals surface area contributed by atoms with Crippen LogP contribution < -0.4 is 4.74 Å². The SMILES string of the molecule is COc1ccc(C)cc1C(=O)CCN1CCCCC1. The largest absolute Gasteiger partial charge is 0.496 e. The van der Waals surface area contributed by atoms with Gasteiger partial charge in [0.1, 0.15) is 5.75 Å². The molecule has 0 amide bonds. The molecule has 1 saturated heterocycles. The summed E-state index contributed by atoms with van der Waals surface area (Å²) in [5.74, 6) is 0.875. The fraction of sp³-hybridized carbons (Fsp3) is 0.562. The number of ether oxygens (including phenoxy) is 1. The molecule has 3 heteroatoms. The highest BCUT2D eigenvalue weighted by Gasteiger charge is 2.15. The number of hydrogen-bond donors (Lipinski definition) is 0. The summed E-state index contributed by atoms with van der Waals surface area (Å²) < 4.78 is 5.28. The summed E-state index contributed by atoms with van der Waals surface area (Å²) in [5, 5.41) is 0. The molecule has 3 nitrogen and oxygen atoms in total. The highest BCUT2D eigenvalue weighted by molar-refractivity contribution is 5.99. The summed E-state index contributed by atoms with van der Waals surface area (Å²) in [5.41, 5.74) is 1.82. The van der Waals surface area contributed by atoms with E-state index in [0.717, 1.165) is 30.8 Å². The fourth-order valence-corrected chi connectivity index (χ4v) is 2.62. The van der Waals surface area contributed by atoms with E-state index in [4.69, 9.17) is 4.74 Å². The lowest BCUT2D eigenvalue weighted by Crippen LogP contribution is -2.31. The molecule has 1 fully saturated rings. The third kappa shape index (κ3) is 3.80. The molecular formula is C16H23NO2. The standard InChI is InChI=1S/C16H23NO2/c1-13-6-7-16(19-2)14(12-13)15(18)8-11-17-9-4-3-5-10-17/h6-7,12H,3-5,8-11H2,1-2H3. The van der Waals surface area contributed by atoms with Crippen molar-refractivity contribution < 1.29 is 9.53 Å². The van der Waals surface area contributed by atoms with Gasteiger partial charge in [0.15, 0.2) is 5.78 Å². The molecule has 1 heterocycles. The number of Topliss-reactive ketones (excluding diaryl/α,β-unsaturated/α-hetero) is 1. The minimum absolute atomic E-state index is 0.186. The topological polar surface area (TPSA) is 29.5 Å². The lowest BCUT2D eigenvalue weighted by molar-refractivity contribution is 0.0955. The van der Waals surface area contributed by atoms with E-state index in [2.05, 4.69) is 4.90 Å². The van der Waals surface area contributed by atoms with Crippen molar-refractivity contribution in [3.8, 4) is 5.75 Å². The lowest BCUT2D eigenvalue weighted by atomic mass is 10.0. The number of likely N-dealkylation sites (tertiary alicyclic amines) is 1. The highest BCUT2D eigenvalue weighted by atomic mass is 16.5. The van der Waals surface area contributed by atoms with Gasteiger partial charge in [0.25, 0.3) is 0 Å².